The number of hydrogen-bond donors (Lipinski definition) is 2. The molecule has 2 N–H and O–H groups in total. The van der Waals surface area contributed by atoms with E-state index in [0.29, 0.717) is 0 Å². The zero-order valence-corrected chi connectivity index (χ0v) is 16.0. The predicted octanol–water partition coefficient (Wildman–Crippen LogP) is 2.26. The number of ether oxygens (including phenoxy) is 1. The van der Waals surface area contributed by atoms with E-state index >= 15 is 0 Å². The smallest absolute Gasteiger partial charge is 0.191 e. The van der Waals surface area contributed by atoms with Crippen LogP contribution in [0.2, 0.25) is 5.02 Å². The van der Waals surface area contributed by atoms with Crippen LogP contribution in [0.5, 0.6) is 0 Å². The first-order chi connectivity index (χ1) is 12.1. The molecule has 1 aliphatic carbocycles. The van der Waals surface area contributed by atoms with Gasteiger partial charge in [0.05, 0.1) is 19.3 Å². The van der Waals surface area contributed by atoms with Gasteiger partial charge in [0.1, 0.15) is 0 Å². The zero-order chi connectivity index (χ0) is 17.7. The largest absolute Gasteiger partial charge is 0.374 e. The van der Waals surface area contributed by atoms with Crippen LogP contribution in [-0.4, -0.2) is 63.3 Å². The van der Waals surface area contributed by atoms with Crippen molar-refractivity contribution in [2.45, 2.75) is 31.3 Å². The van der Waals surface area contributed by atoms with E-state index in [1.807, 2.05) is 12.1 Å². The Labute approximate surface area is 155 Å². The van der Waals surface area contributed by atoms with Crippen molar-refractivity contribution in [3.63, 3.8) is 0 Å². The van der Waals surface area contributed by atoms with Gasteiger partial charge in [-0.15, -0.1) is 0 Å². The highest BCUT2D eigenvalue weighted by Crippen LogP contribution is 2.48. The van der Waals surface area contributed by atoms with Crippen LogP contribution in [0.25, 0.3) is 0 Å². The van der Waals surface area contributed by atoms with Gasteiger partial charge in [0.25, 0.3) is 0 Å². The fraction of sp³-hybridized carbons (Fsp3) is 0.632. The number of halogens is 1. The topological polar surface area (TPSA) is 48.9 Å². The van der Waals surface area contributed by atoms with Crippen molar-refractivity contribution in [1.29, 1.82) is 0 Å². The second-order valence-electron chi connectivity index (χ2n) is 7.12. The van der Waals surface area contributed by atoms with Crippen LogP contribution in [0.15, 0.2) is 29.3 Å². The highest BCUT2D eigenvalue weighted by molar-refractivity contribution is 6.30. The van der Waals surface area contributed by atoms with Gasteiger partial charge in [-0.2, -0.15) is 0 Å². The Balaban J connectivity index is 1.58. The van der Waals surface area contributed by atoms with Crippen molar-refractivity contribution in [1.82, 2.24) is 15.5 Å². The Morgan fingerprint density at radius 1 is 1.40 bits per heavy atom. The molecule has 1 aliphatic heterocycles. The first-order valence-electron chi connectivity index (χ1n) is 9.20. The standard InChI is InChI=1S/C19H29ClN4O/c1-3-21-18(22-12-17-13-24(2)9-10-25-17)23-14-19(7-8-19)15-5-4-6-16(20)11-15/h4-6,11,17H,3,7-10,12-14H2,1-2H3,(H2,21,22,23). The molecule has 2 fully saturated rings. The summed E-state index contributed by atoms with van der Waals surface area (Å²) >= 11 is 6.16. The van der Waals surface area contributed by atoms with Crippen LogP contribution >= 0.6 is 11.6 Å². The predicted molar refractivity (Wildman–Crippen MR) is 104 cm³/mol. The van der Waals surface area contributed by atoms with Gasteiger partial charge in [-0.05, 0) is 44.5 Å². The van der Waals surface area contributed by atoms with Gasteiger partial charge in [-0.1, -0.05) is 23.7 Å². The third kappa shape index (κ3) is 5.09. The lowest BCUT2D eigenvalue weighted by Gasteiger charge is -2.30. The molecule has 25 heavy (non-hydrogen) atoms. The SMILES string of the molecule is CCNC(=NCC1(c2cccc(Cl)c2)CC1)NCC1CN(C)CCO1. The van der Waals surface area contributed by atoms with Gasteiger partial charge < -0.3 is 20.3 Å². The van der Waals surface area contributed by atoms with Gasteiger partial charge in [0, 0.05) is 36.6 Å². The molecule has 138 valence electrons. The molecule has 0 bridgehead atoms. The maximum atomic E-state index is 6.16. The summed E-state index contributed by atoms with van der Waals surface area (Å²) in [6, 6.07) is 8.20. The Morgan fingerprint density at radius 2 is 2.24 bits per heavy atom. The molecule has 6 heteroatoms. The third-order valence-corrected chi connectivity index (χ3v) is 5.25. The Hall–Kier alpha value is -1.30. The summed E-state index contributed by atoms with van der Waals surface area (Å²) in [4.78, 5) is 7.14. The van der Waals surface area contributed by atoms with E-state index in [9.17, 15) is 0 Å². The molecule has 0 radical (unpaired) electrons. The summed E-state index contributed by atoms with van der Waals surface area (Å²) in [5.41, 5.74) is 1.46. The number of aliphatic imine (C=N–C) groups is 1. The van der Waals surface area contributed by atoms with Gasteiger partial charge >= 0.3 is 0 Å². The molecule has 1 unspecified atom stereocenters. The highest BCUT2D eigenvalue weighted by atomic mass is 35.5. The fourth-order valence-electron chi connectivity index (χ4n) is 3.28. The molecular formula is C19H29ClN4O. The van der Waals surface area contributed by atoms with E-state index in [-0.39, 0.29) is 11.5 Å². The quantitative estimate of drug-likeness (QED) is 0.600. The molecule has 1 aromatic carbocycles. The average molecular weight is 365 g/mol. The normalized spacial score (nSPS) is 23.3. The van der Waals surface area contributed by atoms with E-state index in [1.165, 1.54) is 18.4 Å². The summed E-state index contributed by atoms with van der Waals surface area (Å²) in [6.45, 7) is 7.27. The van der Waals surface area contributed by atoms with Crippen molar-refractivity contribution in [3.05, 3.63) is 34.9 Å². The van der Waals surface area contributed by atoms with E-state index in [1.54, 1.807) is 0 Å². The van der Waals surface area contributed by atoms with E-state index in [2.05, 4.69) is 41.6 Å². The molecule has 5 nitrogen and oxygen atoms in total. The van der Waals surface area contributed by atoms with Crippen molar-refractivity contribution >= 4 is 17.6 Å². The van der Waals surface area contributed by atoms with E-state index < -0.39 is 0 Å². The lowest BCUT2D eigenvalue weighted by Crippen LogP contribution is -2.48. The maximum absolute atomic E-state index is 6.16. The number of hydrogen-bond acceptors (Lipinski definition) is 3. The summed E-state index contributed by atoms with van der Waals surface area (Å²) in [7, 11) is 2.14. The molecular weight excluding hydrogens is 336 g/mol. The molecule has 0 spiro atoms. The number of rotatable bonds is 6. The number of benzene rings is 1. The van der Waals surface area contributed by atoms with Gasteiger partial charge in [0.15, 0.2) is 5.96 Å². The number of morpholine rings is 1. The van der Waals surface area contributed by atoms with Crippen molar-refractivity contribution in [3.8, 4) is 0 Å². The van der Waals surface area contributed by atoms with Crippen LogP contribution < -0.4 is 10.6 Å². The van der Waals surface area contributed by atoms with E-state index in [0.717, 1.165) is 50.3 Å². The summed E-state index contributed by atoms with van der Waals surface area (Å²) in [6.07, 6.45) is 2.56. The fourth-order valence-corrected chi connectivity index (χ4v) is 3.47. The zero-order valence-electron chi connectivity index (χ0n) is 15.2. The maximum Gasteiger partial charge on any atom is 0.191 e. The third-order valence-electron chi connectivity index (χ3n) is 5.01. The Morgan fingerprint density at radius 3 is 2.92 bits per heavy atom. The molecule has 0 aromatic heterocycles. The van der Waals surface area contributed by atoms with Crippen LogP contribution in [0, 0.1) is 0 Å². The molecule has 1 atom stereocenters. The number of nitrogens with zero attached hydrogens (tertiary/aromatic N) is 2. The van der Waals surface area contributed by atoms with E-state index in [4.69, 9.17) is 21.3 Å². The lowest BCUT2D eigenvalue weighted by atomic mass is 9.96. The molecule has 1 saturated carbocycles. The second-order valence-corrected chi connectivity index (χ2v) is 7.56. The lowest BCUT2D eigenvalue weighted by molar-refractivity contribution is -0.0161. The number of nitrogens with one attached hydrogen (secondary N) is 2. The Kier molecular flexibility index (Phi) is 6.20. The summed E-state index contributed by atoms with van der Waals surface area (Å²) in [5.74, 6) is 0.868. The molecule has 3 rings (SSSR count). The van der Waals surface area contributed by atoms with Crippen LogP contribution in [0.1, 0.15) is 25.3 Å². The number of likely N-dealkylation sites (N-methyl/N-ethyl adjacent to an activating group) is 1. The van der Waals surface area contributed by atoms with Crippen LogP contribution in [-0.2, 0) is 10.2 Å². The number of guanidine groups is 1. The second kappa shape index (κ2) is 8.39. The first-order valence-corrected chi connectivity index (χ1v) is 9.57. The minimum atomic E-state index is 0.162. The molecule has 0 amide bonds. The molecule has 2 aliphatic rings. The molecule has 1 saturated heterocycles. The van der Waals surface area contributed by atoms with Crippen LogP contribution in [0.3, 0.4) is 0 Å². The molecule has 1 aromatic rings. The highest BCUT2D eigenvalue weighted by Gasteiger charge is 2.44. The summed E-state index contributed by atoms with van der Waals surface area (Å²) in [5, 5.41) is 7.58. The van der Waals surface area contributed by atoms with Crippen LogP contribution in [0.4, 0.5) is 0 Å². The van der Waals surface area contributed by atoms with Gasteiger partial charge in [-0.25, -0.2) is 0 Å². The van der Waals surface area contributed by atoms with Crippen molar-refractivity contribution in [2.24, 2.45) is 4.99 Å². The minimum Gasteiger partial charge on any atom is -0.374 e. The first kappa shape index (κ1) is 18.5. The average Bonchev–Trinajstić information content (AvgIpc) is 3.39. The summed E-state index contributed by atoms with van der Waals surface area (Å²) < 4.78 is 5.82. The monoisotopic (exact) mass is 364 g/mol. The van der Waals surface area contributed by atoms with Gasteiger partial charge in [0.2, 0.25) is 0 Å². The minimum absolute atomic E-state index is 0.162. The Bertz CT molecular complexity index is 603. The van der Waals surface area contributed by atoms with Gasteiger partial charge in [-0.3, -0.25) is 4.99 Å². The van der Waals surface area contributed by atoms with Crippen molar-refractivity contribution < 1.29 is 4.74 Å². The molecule has 1 heterocycles. The van der Waals surface area contributed by atoms with Crippen molar-refractivity contribution in [2.75, 3.05) is 46.4 Å².